The van der Waals surface area contributed by atoms with Crippen molar-refractivity contribution in [3.05, 3.63) is 422 Å². The van der Waals surface area contributed by atoms with Gasteiger partial charge in [-0.2, -0.15) is 4.57 Å². The number of nitrogens with zero attached hydrogens (tertiary/aromatic N) is 10. The minimum atomic E-state index is -2.44. The third-order valence-electron chi connectivity index (χ3n) is 30.7. The Bertz CT molecular complexity index is 10700. The summed E-state index contributed by atoms with van der Waals surface area (Å²) in [5, 5.41) is 33.3. The lowest BCUT2D eigenvalue weighted by Crippen LogP contribution is -2.32. The molecule has 0 bridgehead atoms. The molecule has 0 amide bonds. The van der Waals surface area contributed by atoms with Crippen molar-refractivity contribution < 1.29 is 50.4 Å². The van der Waals surface area contributed by atoms with Crippen LogP contribution in [0, 0.1) is 48.5 Å². The highest BCUT2D eigenvalue weighted by molar-refractivity contribution is 6.29. The predicted molar refractivity (Wildman–Crippen MR) is 613 cm³/mol. The average molecular weight is 1950 g/mol. The summed E-state index contributed by atoms with van der Waals surface area (Å²) < 4.78 is 75.2. The highest BCUT2D eigenvalue weighted by Gasteiger charge is 2.34. The molecule has 1 atom stereocenters. The van der Waals surface area contributed by atoms with Crippen molar-refractivity contribution in [1.29, 1.82) is 0 Å². The van der Waals surface area contributed by atoms with Gasteiger partial charge >= 0.3 is 0 Å². The van der Waals surface area contributed by atoms with E-state index in [-0.39, 0.29) is 0 Å². The van der Waals surface area contributed by atoms with Gasteiger partial charge in [-0.25, -0.2) is 43.2 Å². The summed E-state index contributed by atoms with van der Waals surface area (Å²) in [5.41, 5.74) is 28.3. The maximum atomic E-state index is 8.58. The molecule has 720 valence electrons. The fourth-order valence-electron chi connectivity index (χ4n) is 23.5. The molecule has 0 aliphatic heterocycles. The second-order valence-electron chi connectivity index (χ2n) is 39.7. The largest absolute Gasteiger partial charge is 0.437 e. The van der Waals surface area contributed by atoms with E-state index in [0.717, 1.165) is 177 Å². The van der Waals surface area contributed by atoms with Crippen molar-refractivity contribution in [1.82, 2.24) is 24.9 Å². The highest BCUT2D eigenvalue weighted by Crippen LogP contribution is 2.51. The second kappa shape index (κ2) is 36.3. The first-order valence-electron chi connectivity index (χ1n) is 52.7. The van der Waals surface area contributed by atoms with Gasteiger partial charge in [0.25, 0.3) is 0 Å². The molecule has 0 spiro atoms. The van der Waals surface area contributed by atoms with Crippen LogP contribution in [0.25, 0.3) is 274 Å². The SMILES string of the molecule is Cc1c(-c2cc3ccccc3c[n+]2C)c2oc3ncccc3c2c2ccccc12.Cc1c(-c2cc3ccccc3c[n+]2C)c2oc3ncccc3c2c2ccccc12.Cc1c(-c2ccc3ccccc3[n+]2C)c2oc3ncccc3c2c2ccccc12.Cc1ccc2c(n1)oc1c(-c3cc4ccccc4c[n+]3C)c(C)c3ccccc3c12.[2H]C([2H])([2H])C([2H])(C)c1ccc2c(-c3c(C)c4ccccc4c4c3oc3nc(C)ccc34)[n+](C)ccc2c1. The van der Waals surface area contributed by atoms with Gasteiger partial charge in [0.2, 0.25) is 62.6 Å². The number of aromatic nitrogens is 10. The quantitative estimate of drug-likeness (QED) is 0.147. The van der Waals surface area contributed by atoms with Gasteiger partial charge < -0.3 is 22.1 Å². The fourth-order valence-corrected chi connectivity index (χ4v) is 23.5. The lowest BCUT2D eigenvalue weighted by atomic mass is 9.91. The van der Waals surface area contributed by atoms with Crippen molar-refractivity contribution in [3.63, 3.8) is 0 Å². The van der Waals surface area contributed by atoms with Crippen LogP contribution in [0.15, 0.2) is 399 Å². The van der Waals surface area contributed by atoms with E-state index >= 15 is 0 Å². The molecule has 15 nitrogen and oxygen atoms in total. The van der Waals surface area contributed by atoms with Gasteiger partial charge in [0, 0.05) is 147 Å². The van der Waals surface area contributed by atoms with Gasteiger partial charge in [-0.1, -0.05) is 214 Å². The molecule has 30 rings (SSSR count). The molecule has 15 heterocycles. The zero-order chi connectivity index (χ0) is 105. The van der Waals surface area contributed by atoms with Gasteiger partial charge in [0.1, 0.15) is 35.2 Å². The van der Waals surface area contributed by atoms with E-state index in [1.807, 2.05) is 75.6 Å². The summed E-state index contributed by atoms with van der Waals surface area (Å²) in [6.45, 7) is 13.8. The minimum Gasteiger partial charge on any atom is -0.437 e. The Kier molecular flexibility index (Phi) is 21.0. The van der Waals surface area contributed by atoms with E-state index in [1.54, 1.807) is 24.7 Å². The van der Waals surface area contributed by atoms with Crippen LogP contribution in [0.2, 0.25) is 0 Å². The smallest absolute Gasteiger partial charge is 0.227 e. The maximum absolute atomic E-state index is 8.58. The van der Waals surface area contributed by atoms with Gasteiger partial charge in [0.05, 0.1) is 33.2 Å². The number of fused-ring (bicyclic) bond motifs is 30. The first kappa shape index (κ1) is 86.8. The summed E-state index contributed by atoms with van der Waals surface area (Å²) in [6, 6.07) is 116. The number of hydrogen-bond acceptors (Lipinski definition) is 10. The standard InChI is InChI=1S/C30H27N2O.C27H21N2O.3C26H19N2O/c1-17(2)20-11-13-23-21(16-20)14-15-32(5)28(23)26-19(4)22-8-6-7-9-24(22)27-25-12-10-18(3)31-30(25)33-29(26)27;1-16-12-13-22-25-21-11-7-6-10-20(21)17(2)24(26(25)30-27(22)28-16)23-14-18-8-4-5-9-19(18)15-29(23)3;1-16-18-9-4-5-10-19(18)24-20-11-7-15-27-26(20)29-25(24)23(16)22-14-13-17-8-3-6-12-21(17)28(22)2;2*1-16-19-10-5-6-11-20(19)24-21-12-7-13-27-26(21)29-25(24)23(16)22-14-17-8-3-4-9-18(17)15-28(22)2/h6-17H,1-5H3;4-15H,1-3H3;3*3-15H,1-2H3/q5*+1/i1D3,17D;;;;. The predicted octanol–water partition coefficient (Wildman–Crippen LogP) is 32.2. The van der Waals surface area contributed by atoms with Crippen molar-refractivity contribution in [2.75, 3.05) is 0 Å². The van der Waals surface area contributed by atoms with Crippen LogP contribution in [0.4, 0.5) is 0 Å². The van der Waals surface area contributed by atoms with E-state index in [9.17, 15) is 0 Å². The minimum absolute atomic E-state index is 0.462. The molecule has 0 aliphatic rings. The molecule has 15 aromatic heterocycles. The zero-order valence-corrected chi connectivity index (χ0v) is 85.3. The summed E-state index contributed by atoms with van der Waals surface area (Å²) in [4.78, 5) is 22.8. The summed E-state index contributed by atoms with van der Waals surface area (Å²) in [6.07, 6.45) is 13.9. The number of aryl methyl sites for hydroxylation is 12. The molecule has 15 aromatic carbocycles. The number of furan rings is 5. The van der Waals surface area contributed by atoms with Crippen LogP contribution >= 0.6 is 0 Å². The van der Waals surface area contributed by atoms with E-state index in [1.165, 1.54) is 115 Å². The van der Waals surface area contributed by atoms with Crippen LogP contribution in [0.1, 0.15) is 69.9 Å². The van der Waals surface area contributed by atoms with Crippen molar-refractivity contribution in [2.45, 2.75) is 68.1 Å². The van der Waals surface area contributed by atoms with E-state index in [0.29, 0.717) is 34.1 Å². The summed E-state index contributed by atoms with van der Waals surface area (Å²) in [7, 11) is 10.4. The fraction of sp³-hybridized carbons (Fsp3) is 0.111. The summed E-state index contributed by atoms with van der Waals surface area (Å²) in [5.74, 6) is -1.71. The number of pyridine rings is 10. The van der Waals surface area contributed by atoms with Gasteiger partial charge in [-0.05, 0) is 260 Å². The third-order valence-corrected chi connectivity index (χ3v) is 30.7. The maximum Gasteiger partial charge on any atom is 0.227 e. The molecule has 30 aromatic rings. The average Bonchev–Trinajstić information content (AvgIpc) is 1.52. The molecule has 0 fully saturated rings. The molecule has 0 N–H and O–H groups in total. The normalized spacial score (nSPS) is 12.7. The molecular formula is C135H105N10O5+5. The van der Waals surface area contributed by atoms with Gasteiger partial charge in [0.15, 0.2) is 52.7 Å². The van der Waals surface area contributed by atoms with Crippen LogP contribution in [0.5, 0.6) is 0 Å². The Morgan fingerprint density at radius 2 is 0.553 bits per heavy atom. The molecule has 15 heteroatoms. The molecule has 0 radical (unpaired) electrons. The Labute approximate surface area is 869 Å². The molecular weight excluding hydrogens is 1840 g/mol. The molecule has 0 aliphatic carbocycles. The molecule has 0 saturated carbocycles. The van der Waals surface area contributed by atoms with Crippen LogP contribution in [-0.2, 0) is 35.2 Å². The Morgan fingerprint density at radius 3 is 0.927 bits per heavy atom. The first-order valence-corrected chi connectivity index (χ1v) is 50.7. The van der Waals surface area contributed by atoms with E-state index in [4.69, 9.17) is 27.6 Å². The van der Waals surface area contributed by atoms with Crippen LogP contribution in [0.3, 0.4) is 0 Å². The van der Waals surface area contributed by atoms with Crippen LogP contribution in [-0.4, -0.2) is 24.9 Å². The Morgan fingerprint density at radius 1 is 0.253 bits per heavy atom. The Balaban J connectivity index is 0.0000000966. The van der Waals surface area contributed by atoms with Gasteiger partial charge in [-0.3, -0.25) is 0 Å². The molecule has 150 heavy (non-hydrogen) atoms. The number of benzene rings is 15. The van der Waals surface area contributed by atoms with Crippen LogP contribution < -0.4 is 22.8 Å². The highest BCUT2D eigenvalue weighted by atomic mass is 16.4. The van der Waals surface area contributed by atoms with Crippen molar-refractivity contribution in [3.8, 4) is 56.3 Å². The number of hydrogen-bond donors (Lipinski definition) is 0. The lowest BCUT2D eigenvalue weighted by molar-refractivity contribution is -0.659. The second-order valence-corrected chi connectivity index (χ2v) is 39.7. The van der Waals surface area contributed by atoms with Crippen molar-refractivity contribution >= 4 is 218 Å². The Hall–Kier alpha value is -18.6. The number of para-hydroxylation sites is 1. The zero-order valence-electron chi connectivity index (χ0n) is 89.3. The topological polar surface area (TPSA) is 150 Å². The van der Waals surface area contributed by atoms with E-state index in [2.05, 4.69) is 408 Å². The molecule has 1 unspecified atom stereocenters. The summed E-state index contributed by atoms with van der Waals surface area (Å²) >= 11 is 0. The van der Waals surface area contributed by atoms with Gasteiger partial charge in [-0.15, -0.1) is 0 Å². The lowest BCUT2D eigenvalue weighted by Gasteiger charge is -2.13. The van der Waals surface area contributed by atoms with Crippen molar-refractivity contribution in [2.24, 2.45) is 35.2 Å². The molecule has 0 saturated heterocycles. The first-order chi connectivity index (χ1) is 74.8. The monoisotopic (exact) mass is 1950 g/mol. The third kappa shape index (κ3) is 14.9. The number of rotatable bonds is 6. The van der Waals surface area contributed by atoms with E-state index < -0.39 is 12.7 Å².